The highest BCUT2D eigenvalue weighted by molar-refractivity contribution is 6.42. The van der Waals surface area contributed by atoms with Crippen molar-refractivity contribution in [2.45, 2.75) is 6.04 Å². The molecule has 2 aromatic carbocycles. The molecule has 106 valence electrons. The maximum absolute atomic E-state index is 6.35. The minimum Gasteiger partial charge on any atom is -0.319 e. The van der Waals surface area contributed by atoms with E-state index in [1.54, 1.807) is 24.7 Å². The third-order valence-electron chi connectivity index (χ3n) is 3.33. The average Bonchev–Trinajstić information content (AvgIpc) is 2.99. The van der Waals surface area contributed by atoms with Gasteiger partial charge in [0.25, 0.3) is 0 Å². The molecule has 1 unspecified atom stereocenters. The van der Waals surface area contributed by atoms with Gasteiger partial charge in [0.2, 0.25) is 0 Å². The van der Waals surface area contributed by atoms with E-state index in [0.717, 1.165) is 16.9 Å². The topological polar surface area (TPSA) is 43.8 Å². The van der Waals surface area contributed by atoms with Gasteiger partial charge in [-0.2, -0.15) is 0 Å². The second kappa shape index (κ2) is 5.90. The number of hydrogen-bond donors (Lipinski definition) is 1. The van der Waals surface area contributed by atoms with Gasteiger partial charge in [0, 0.05) is 5.69 Å². The Bertz CT molecular complexity index is 753. The summed E-state index contributed by atoms with van der Waals surface area (Å²) >= 11 is 12.0. The van der Waals surface area contributed by atoms with E-state index in [9.17, 15) is 0 Å². The lowest BCUT2D eigenvalue weighted by molar-refractivity contribution is 0.793. The van der Waals surface area contributed by atoms with Crippen molar-refractivity contribution in [3.63, 3.8) is 0 Å². The lowest BCUT2D eigenvalue weighted by Crippen LogP contribution is -2.15. The summed E-state index contributed by atoms with van der Waals surface area (Å²) in [5, 5.41) is 1.02. The normalized spacial score (nSPS) is 12.3. The maximum atomic E-state index is 6.35. The van der Waals surface area contributed by atoms with Crippen molar-refractivity contribution in [2.75, 3.05) is 0 Å². The van der Waals surface area contributed by atoms with Gasteiger partial charge < -0.3 is 10.3 Å². The third kappa shape index (κ3) is 2.81. The molecule has 0 fully saturated rings. The number of rotatable bonds is 3. The van der Waals surface area contributed by atoms with E-state index in [0.29, 0.717) is 10.0 Å². The molecule has 1 heterocycles. The molecule has 3 rings (SSSR count). The van der Waals surface area contributed by atoms with Crippen LogP contribution < -0.4 is 5.73 Å². The summed E-state index contributed by atoms with van der Waals surface area (Å²) in [6.45, 7) is 0. The fraction of sp³-hybridized carbons (Fsp3) is 0.0625. The van der Waals surface area contributed by atoms with E-state index >= 15 is 0 Å². The van der Waals surface area contributed by atoms with Gasteiger partial charge in [-0.1, -0.05) is 53.5 Å². The number of nitrogens with zero attached hydrogens (tertiary/aromatic N) is 2. The van der Waals surface area contributed by atoms with Gasteiger partial charge in [0.1, 0.15) is 0 Å². The van der Waals surface area contributed by atoms with Crippen molar-refractivity contribution >= 4 is 23.2 Å². The van der Waals surface area contributed by atoms with E-state index in [4.69, 9.17) is 28.9 Å². The zero-order valence-electron chi connectivity index (χ0n) is 11.1. The summed E-state index contributed by atoms with van der Waals surface area (Å²) in [5.41, 5.74) is 9.14. The van der Waals surface area contributed by atoms with Crippen LogP contribution in [0.1, 0.15) is 17.3 Å². The van der Waals surface area contributed by atoms with E-state index in [1.807, 2.05) is 41.0 Å². The highest BCUT2D eigenvalue weighted by atomic mass is 35.5. The smallest absolute Gasteiger partial charge is 0.0994 e. The molecule has 0 aliphatic carbocycles. The molecule has 0 saturated carbocycles. The number of halogens is 2. The van der Waals surface area contributed by atoms with Gasteiger partial charge in [-0.15, -0.1) is 0 Å². The summed E-state index contributed by atoms with van der Waals surface area (Å²) in [7, 11) is 0. The van der Waals surface area contributed by atoms with E-state index in [1.165, 1.54) is 0 Å². The molecule has 0 aliphatic heterocycles. The number of nitrogens with two attached hydrogens (primary N) is 1. The van der Waals surface area contributed by atoms with Gasteiger partial charge in [-0.05, 0) is 23.8 Å². The van der Waals surface area contributed by atoms with Crippen LogP contribution in [0.4, 0.5) is 0 Å². The van der Waals surface area contributed by atoms with Crippen molar-refractivity contribution in [3.8, 4) is 5.69 Å². The van der Waals surface area contributed by atoms with Crippen LogP contribution in [0.25, 0.3) is 5.69 Å². The molecule has 5 heteroatoms. The van der Waals surface area contributed by atoms with Crippen molar-refractivity contribution < 1.29 is 0 Å². The van der Waals surface area contributed by atoms with Gasteiger partial charge in [0.05, 0.1) is 34.3 Å². The number of benzene rings is 2. The van der Waals surface area contributed by atoms with E-state index in [-0.39, 0.29) is 6.04 Å². The molecule has 0 saturated heterocycles. The molecule has 0 bridgehead atoms. The molecule has 1 atom stereocenters. The fourth-order valence-corrected chi connectivity index (χ4v) is 2.51. The molecule has 1 aromatic heterocycles. The van der Waals surface area contributed by atoms with Gasteiger partial charge in [-0.25, -0.2) is 4.98 Å². The molecular weight excluding hydrogens is 305 g/mol. The van der Waals surface area contributed by atoms with E-state index < -0.39 is 0 Å². The molecule has 0 amide bonds. The summed E-state index contributed by atoms with van der Waals surface area (Å²) in [6, 6.07) is 15.1. The van der Waals surface area contributed by atoms with Gasteiger partial charge in [-0.3, -0.25) is 0 Å². The number of imidazole rings is 1. The highest BCUT2D eigenvalue weighted by Crippen LogP contribution is 2.27. The second-order valence-electron chi connectivity index (χ2n) is 4.68. The standard InChI is InChI=1S/C16H13Cl2N3/c17-13-7-6-12(8-14(13)18)21-10-20-9-15(21)16(19)11-4-2-1-3-5-11/h1-10,16H,19H2. The first-order chi connectivity index (χ1) is 10.2. The van der Waals surface area contributed by atoms with Crippen molar-refractivity contribution in [2.24, 2.45) is 5.73 Å². The quantitative estimate of drug-likeness (QED) is 0.785. The Morgan fingerprint density at radius 3 is 2.48 bits per heavy atom. The Morgan fingerprint density at radius 2 is 1.76 bits per heavy atom. The summed E-state index contributed by atoms with van der Waals surface area (Å²) in [5.74, 6) is 0. The zero-order valence-corrected chi connectivity index (χ0v) is 12.6. The van der Waals surface area contributed by atoms with Crippen molar-refractivity contribution in [1.82, 2.24) is 9.55 Å². The largest absolute Gasteiger partial charge is 0.319 e. The Kier molecular flexibility index (Phi) is 3.97. The first-order valence-electron chi connectivity index (χ1n) is 6.45. The molecule has 0 spiro atoms. The van der Waals surface area contributed by atoms with Gasteiger partial charge >= 0.3 is 0 Å². The van der Waals surface area contributed by atoms with Crippen LogP contribution >= 0.6 is 23.2 Å². The van der Waals surface area contributed by atoms with Gasteiger partial charge in [0.15, 0.2) is 0 Å². The average molecular weight is 318 g/mol. The minimum atomic E-state index is -0.261. The Labute approximate surface area is 132 Å². The Hall–Kier alpha value is -1.81. The first kappa shape index (κ1) is 14.1. The summed E-state index contributed by atoms with van der Waals surface area (Å²) in [6.07, 6.45) is 3.48. The Balaban J connectivity index is 2.03. The summed E-state index contributed by atoms with van der Waals surface area (Å²) in [4.78, 5) is 4.20. The van der Waals surface area contributed by atoms with Crippen molar-refractivity contribution in [1.29, 1.82) is 0 Å². The molecule has 3 nitrogen and oxygen atoms in total. The van der Waals surface area contributed by atoms with Crippen LogP contribution in [0.3, 0.4) is 0 Å². The molecule has 2 N–H and O–H groups in total. The maximum Gasteiger partial charge on any atom is 0.0994 e. The molecule has 3 aromatic rings. The van der Waals surface area contributed by atoms with E-state index in [2.05, 4.69) is 4.98 Å². The molecular formula is C16H13Cl2N3. The highest BCUT2D eigenvalue weighted by Gasteiger charge is 2.15. The van der Waals surface area contributed by atoms with Crippen LogP contribution in [0.5, 0.6) is 0 Å². The molecule has 0 radical (unpaired) electrons. The lowest BCUT2D eigenvalue weighted by Gasteiger charge is -2.15. The van der Waals surface area contributed by atoms with Crippen LogP contribution in [0.15, 0.2) is 61.1 Å². The van der Waals surface area contributed by atoms with Crippen LogP contribution in [0.2, 0.25) is 10.0 Å². The third-order valence-corrected chi connectivity index (χ3v) is 4.06. The van der Waals surface area contributed by atoms with Crippen molar-refractivity contribution in [3.05, 3.63) is 82.4 Å². The monoisotopic (exact) mass is 317 g/mol. The second-order valence-corrected chi connectivity index (χ2v) is 5.49. The number of hydrogen-bond acceptors (Lipinski definition) is 2. The zero-order chi connectivity index (χ0) is 14.8. The predicted molar refractivity (Wildman–Crippen MR) is 86.1 cm³/mol. The summed E-state index contributed by atoms with van der Waals surface area (Å²) < 4.78 is 1.92. The molecule has 21 heavy (non-hydrogen) atoms. The lowest BCUT2D eigenvalue weighted by atomic mass is 10.1. The van der Waals surface area contributed by atoms with Crippen LogP contribution in [0, 0.1) is 0 Å². The molecule has 0 aliphatic rings. The van der Waals surface area contributed by atoms with Crippen LogP contribution in [-0.4, -0.2) is 9.55 Å². The fourth-order valence-electron chi connectivity index (χ4n) is 2.22. The predicted octanol–water partition coefficient (Wildman–Crippen LogP) is 4.23. The Morgan fingerprint density at radius 1 is 1.00 bits per heavy atom. The van der Waals surface area contributed by atoms with Crippen LogP contribution in [-0.2, 0) is 0 Å². The SMILES string of the molecule is NC(c1ccccc1)c1cncn1-c1ccc(Cl)c(Cl)c1. The minimum absolute atomic E-state index is 0.261. The number of aromatic nitrogens is 2. The first-order valence-corrected chi connectivity index (χ1v) is 7.20.